The van der Waals surface area contributed by atoms with E-state index in [1.54, 1.807) is 24.7 Å². The van der Waals surface area contributed by atoms with E-state index in [0.717, 1.165) is 25.2 Å². The maximum Gasteiger partial charge on any atom is 0.137 e. The molecule has 17 heavy (non-hydrogen) atoms. The second-order valence-electron chi connectivity index (χ2n) is 3.71. The average molecular weight is 298 g/mol. The molecule has 0 atom stereocenters. The van der Waals surface area contributed by atoms with Crippen LogP contribution in [0.15, 0.2) is 41.4 Å². The lowest BCUT2D eigenvalue weighted by Gasteiger charge is -2.07. The van der Waals surface area contributed by atoms with Gasteiger partial charge in [0.1, 0.15) is 5.82 Å². The molecule has 0 aliphatic rings. The third-order valence-electron chi connectivity index (χ3n) is 2.40. The first-order valence-electron chi connectivity index (χ1n) is 5.40. The number of aryl methyl sites for hydroxylation is 1. The standard InChI is InChI=1S/C12H13BrFN3/c13-11-8-10(2-3-12(11)14)16-4-1-6-17-7-5-15-9-17/h2-3,5,7-9,16H,1,4,6H2. The molecule has 1 heterocycles. The Morgan fingerprint density at radius 2 is 2.29 bits per heavy atom. The van der Waals surface area contributed by atoms with Gasteiger partial charge in [-0.3, -0.25) is 0 Å². The zero-order valence-corrected chi connectivity index (χ0v) is 10.8. The maximum atomic E-state index is 13.0. The van der Waals surface area contributed by atoms with Gasteiger partial charge in [-0.25, -0.2) is 9.37 Å². The Kier molecular flexibility index (Phi) is 4.14. The molecule has 0 saturated heterocycles. The first kappa shape index (κ1) is 12.1. The van der Waals surface area contributed by atoms with Crippen molar-refractivity contribution in [3.63, 3.8) is 0 Å². The van der Waals surface area contributed by atoms with Gasteiger partial charge < -0.3 is 9.88 Å². The van der Waals surface area contributed by atoms with Crippen LogP contribution >= 0.6 is 15.9 Å². The summed E-state index contributed by atoms with van der Waals surface area (Å²) in [5.41, 5.74) is 0.920. The van der Waals surface area contributed by atoms with Crippen molar-refractivity contribution < 1.29 is 4.39 Å². The lowest BCUT2D eigenvalue weighted by molar-refractivity contribution is 0.621. The number of hydrogen-bond acceptors (Lipinski definition) is 2. The summed E-state index contributed by atoms with van der Waals surface area (Å²) in [6, 6.07) is 4.92. The fraction of sp³-hybridized carbons (Fsp3) is 0.250. The summed E-state index contributed by atoms with van der Waals surface area (Å²) >= 11 is 3.16. The molecule has 0 spiro atoms. The number of benzene rings is 1. The first-order chi connectivity index (χ1) is 8.25. The Balaban J connectivity index is 1.76. The Hall–Kier alpha value is -1.36. The molecular formula is C12H13BrFN3. The number of nitrogens with zero attached hydrogens (tertiary/aromatic N) is 2. The van der Waals surface area contributed by atoms with Crippen molar-refractivity contribution in [2.75, 3.05) is 11.9 Å². The van der Waals surface area contributed by atoms with Gasteiger partial charge in [-0.2, -0.15) is 0 Å². The van der Waals surface area contributed by atoms with Crippen molar-refractivity contribution in [1.29, 1.82) is 0 Å². The smallest absolute Gasteiger partial charge is 0.137 e. The highest BCUT2D eigenvalue weighted by Gasteiger charge is 1.99. The van der Waals surface area contributed by atoms with E-state index in [1.165, 1.54) is 6.07 Å². The van der Waals surface area contributed by atoms with Crippen LogP contribution in [0.2, 0.25) is 0 Å². The Morgan fingerprint density at radius 3 is 3.00 bits per heavy atom. The molecule has 90 valence electrons. The van der Waals surface area contributed by atoms with Crippen LogP contribution < -0.4 is 5.32 Å². The molecule has 0 radical (unpaired) electrons. The predicted molar refractivity (Wildman–Crippen MR) is 69.4 cm³/mol. The highest BCUT2D eigenvalue weighted by Crippen LogP contribution is 2.19. The molecule has 1 N–H and O–H groups in total. The third-order valence-corrected chi connectivity index (χ3v) is 3.01. The van der Waals surface area contributed by atoms with Gasteiger partial charge in [0, 0.05) is 31.2 Å². The maximum absolute atomic E-state index is 13.0. The van der Waals surface area contributed by atoms with Crippen molar-refractivity contribution >= 4 is 21.6 Å². The average Bonchev–Trinajstić information content (AvgIpc) is 2.82. The van der Waals surface area contributed by atoms with Crippen LogP contribution in [0.5, 0.6) is 0 Å². The largest absolute Gasteiger partial charge is 0.385 e. The minimum absolute atomic E-state index is 0.242. The van der Waals surface area contributed by atoms with E-state index in [1.807, 2.05) is 10.8 Å². The van der Waals surface area contributed by atoms with Crippen LogP contribution in [-0.2, 0) is 6.54 Å². The highest BCUT2D eigenvalue weighted by atomic mass is 79.9. The van der Waals surface area contributed by atoms with E-state index in [-0.39, 0.29) is 5.82 Å². The van der Waals surface area contributed by atoms with Gasteiger partial charge in [-0.05, 0) is 40.5 Å². The molecule has 1 aromatic carbocycles. The molecule has 3 nitrogen and oxygen atoms in total. The van der Waals surface area contributed by atoms with Crippen LogP contribution in [0, 0.1) is 5.82 Å². The van der Waals surface area contributed by atoms with Crippen LogP contribution in [0.25, 0.3) is 0 Å². The van der Waals surface area contributed by atoms with Crippen LogP contribution in [-0.4, -0.2) is 16.1 Å². The normalized spacial score (nSPS) is 10.5. The van der Waals surface area contributed by atoms with Crippen LogP contribution in [0.3, 0.4) is 0 Å². The molecule has 0 amide bonds. The second-order valence-corrected chi connectivity index (χ2v) is 4.56. The van der Waals surface area contributed by atoms with Gasteiger partial charge in [-0.15, -0.1) is 0 Å². The van der Waals surface area contributed by atoms with Crippen LogP contribution in [0.1, 0.15) is 6.42 Å². The molecular weight excluding hydrogens is 285 g/mol. The van der Waals surface area contributed by atoms with E-state index in [4.69, 9.17) is 0 Å². The number of halogens is 2. The fourth-order valence-electron chi connectivity index (χ4n) is 1.52. The van der Waals surface area contributed by atoms with Crippen molar-refractivity contribution in [2.24, 2.45) is 0 Å². The number of anilines is 1. The lowest BCUT2D eigenvalue weighted by Crippen LogP contribution is -2.05. The summed E-state index contributed by atoms with van der Waals surface area (Å²) in [5.74, 6) is -0.242. The topological polar surface area (TPSA) is 29.9 Å². The zero-order valence-electron chi connectivity index (χ0n) is 9.24. The second kappa shape index (κ2) is 5.82. The summed E-state index contributed by atoms with van der Waals surface area (Å²) in [6.07, 6.45) is 6.50. The van der Waals surface area contributed by atoms with E-state index >= 15 is 0 Å². The molecule has 0 fully saturated rings. The highest BCUT2D eigenvalue weighted by molar-refractivity contribution is 9.10. The SMILES string of the molecule is Fc1ccc(NCCCn2ccnc2)cc1Br. The summed E-state index contributed by atoms with van der Waals surface area (Å²) in [4.78, 5) is 3.98. The Labute approximate surface area is 108 Å². The van der Waals surface area contributed by atoms with Crippen molar-refractivity contribution in [3.05, 3.63) is 47.2 Å². The van der Waals surface area contributed by atoms with Gasteiger partial charge in [0.25, 0.3) is 0 Å². The van der Waals surface area contributed by atoms with Gasteiger partial charge in [0.05, 0.1) is 10.8 Å². The number of aromatic nitrogens is 2. The summed E-state index contributed by atoms with van der Waals surface area (Å²) in [6.45, 7) is 1.77. The van der Waals surface area contributed by atoms with E-state index in [9.17, 15) is 4.39 Å². The van der Waals surface area contributed by atoms with E-state index in [0.29, 0.717) is 4.47 Å². The van der Waals surface area contributed by atoms with Crippen molar-refractivity contribution in [2.45, 2.75) is 13.0 Å². The molecule has 5 heteroatoms. The molecule has 2 rings (SSSR count). The number of hydrogen-bond donors (Lipinski definition) is 1. The minimum Gasteiger partial charge on any atom is -0.385 e. The molecule has 0 aliphatic heterocycles. The van der Waals surface area contributed by atoms with Crippen molar-refractivity contribution in [1.82, 2.24) is 9.55 Å². The minimum atomic E-state index is -0.242. The molecule has 2 aromatic rings. The van der Waals surface area contributed by atoms with E-state index < -0.39 is 0 Å². The van der Waals surface area contributed by atoms with Gasteiger partial charge in [0.15, 0.2) is 0 Å². The van der Waals surface area contributed by atoms with Gasteiger partial charge in [0.2, 0.25) is 0 Å². The number of imidazole rings is 1. The summed E-state index contributed by atoms with van der Waals surface area (Å²) in [5, 5.41) is 3.24. The molecule has 0 aliphatic carbocycles. The fourth-order valence-corrected chi connectivity index (χ4v) is 1.90. The van der Waals surface area contributed by atoms with Gasteiger partial charge >= 0.3 is 0 Å². The molecule has 0 unspecified atom stereocenters. The first-order valence-corrected chi connectivity index (χ1v) is 6.19. The molecule has 0 bridgehead atoms. The number of nitrogens with one attached hydrogen (secondary N) is 1. The van der Waals surface area contributed by atoms with E-state index in [2.05, 4.69) is 26.2 Å². The zero-order chi connectivity index (χ0) is 12.1. The third kappa shape index (κ3) is 3.56. The summed E-state index contributed by atoms with van der Waals surface area (Å²) < 4.78 is 15.5. The quantitative estimate of drug-likeness (QED) is 0.858. The Bertz CT molecular complexity index is 471. The summed E-state index contributed by atoms with van der Waals surface area (Å²) in [7, 11) is 0. The van der Waals surface area contributed by atoms with Gasteiger partial charge in [-0.1, -0.05) is 0 Å². The predicted octanol–water partition coefficient (Wildman–Crippen LogP) is 3.29. The molecule has 1 aromatic heterocycles. The van der Waals surface area contributed by atoms with Crippen LogP contribution in [0.4, 0.5) is 10.1 Å². The van der Waals surface area contributed by atoms with Crippen molar-refractivity contribution in [3.8, 4) is 0 Å². The molecule has 0 saturated carbocycles. The number of rotatable bonds is 5. The Morgan fingerprint density at radius 1 is 1.41 bits per heavy atom. The lowest BCUT2D eigenvalue weighted by atomic mass is 10.3. The monoisotopic (exact) mass is 297 g/mol.